The van der Waals surface area contributed by atoms with Gasteiger partial charge < -0.3 is 5.11 Å². The highest BCUT2D eigenvalue weighted by molar-refractivity contribution is 5.69. The molecule has 2 nitrogen and oxygen atoms in total. The molecule has 2 heteroatoms. The van der Waals surface area contributed by atoms with Crippen LogP contribution in [0.1, 0.15) is 89.7 Å². The summed E-state index contributed by atoms with van der Waals surface area (Å²) in [4.78, 5) is 11.6. The minimum Gasteiger partial charge on any atom is -0.481 e. The molecule has 1 aromatic rings. The number of hydrogen-bond donors (Lipinski definition) is 1. The first kappa shape index (κ1) is 19.7. The van der Waals surface area contributed by atoms with E-state index in [2.05, 4.69) is 45.0 Å². The molecular weight excluding hydrogens is 284 g/mol. The molecular formula is C21H34O2. The van der Waals surface area contributed by atoms with Crippen molar-refractivity contribution < 1.29 is 9.90 Å². The van der Waals surface area contributed by atoms with E-state index >= 15 is 0 Å². The lowest BCUT2D eigenvalue weighted by molar-refractivity contribution is -0.138. The molecule has 0 aliphatic heterocycles. The number of unbranched alkanes of at least 4 members (excludes halogenated alkanes) is 3. The van der Waals surface area contributed by atoms with Crippen molar-refractivity contribution in [2.75, 3.05) is 0 Å². The van der Waals surface area contributed by atoms with Gasteiger partial charge in [0.05, 0.1) is 6.42 Å². The SMILES string of the molecule is CCCCc1ccccc1C(CCCC)(CCCC)CC(=O)O. The number of hydrogen-bond acceptors (Lipinski definition) is 1. The fourth-order valence-corrected chi connectivity index (χ4v) is 3.61. The molecule has 0 unspecified atom stereocenters. The first-order valence-electron chi connectivity index (χ1n) is 9.39. The van der Waals surface area contributed by atoms with Crippen molar-refractivity contribution >= 4 is 5.97 Å². The number of rotatable bonds is 12. The highest BCUT2D eigenvalue weighted by Crippen LogP contribution is 2.40. The van der Waals surface area contributed by atoms with Crippen LogP contribution < -0.4 is 0 Å². The molecule has 0 bridgehead atoms. The fraction of sp³-hybridized carbons (Fsp3) is 0.667. The Labute approximate surface area is 142 Å². The van der Waals surface area contributed by atoms with Crippen molar-refractivity contribution in [3.63, 3.8) is 0 Å². The van der Waals surface area contributed by atoms with Gasteiger partial charge in [-0.2, -0.15) is 0 Å². The smallest absolute Gasteiger partial charge is 0.304 e. The van der Waals surface area contributed by atoms with Crippen molar-refractivity contribution in [1.29, 1.82) is 0 Å². The second-order valence-electron chi connectivity index (χ2n) is 6.82. The summed E-state index contributed by atoms with van der Waals surface area (Å²) in [7, 11) is 0. The molecule has 0 atom stereocenters. The summed E-state index contributed by atoms with van der Waals surface area (Å²) in [6, 6.07) is 8.58. The van der Waals surface area contributed by atoms with E-state index in [0.717, 1.165) is 44.9 Å². The predicted octanol–water partition coefficient (Wildman–Crippen LogP) is 6.12. The highest BCUT2D eigenvalue weighted by atomic mass is 16.4. The Hall–Kier alpha value is -1.31. The lowest BCUT2D eigenvalue weighted by atomic mass is 9.68. The maximum atomic E-state index is 11.6. The topological polar surface area (TPSA) is 37.3 Å². The molecule has 0 aromatic heterocycles. The van der Waals surface area contributed by atoms with Crippen LogP contribution in [-0.2, 0) is 16.6 Å². The average Bonchev–Trinajstić information content (AvgIpc) is 2.55. The lowest BCUT2D eigenvalue weighted by Crippen LogP contribution is -2.31. The molecule has 1 aromatic carbocycles. The summed E-state index contributed by atoms with van der Waals surface area (Å²) in [5, 5.41) is 9.58. The quantitative estimate of drug-likeness (QED) is 0.504. The van der Waals surface area contributed by atoms with Gasteiger partial charge in [0.25, 0.3) is 0 Å². The van der Waals surface area contributed by atoms with E-state index in [1.165, 1.54) is 24.0 Å². The molecule has 1 rings (SSSR count). The third kappa shape index (κ3) is 6.01. The summed E-state index contributed by atoms with van der Waals surface area (Å²) in [6.07, 6.45) is 10.1. The number of aryl methyl sites for hydroxylation is 1. The summed E-state index contributed by atoms with van der Waals surface area (Å²) in [5.41, 5.74) is 2.47. The zero-order chi connectivity index (χ0) is 17.1. The second-order valence-corrected chi connectivity index (χ2v) is 6.82. The number of carboxylic acid groups (broad SMARTS) is 1. The predicted molar refractivity (Wildman–Crippen MR) is 98.0 cm³/mol. The van der Waals surface area contributed by atoms with Gasteiger partial charge in [-0.1, -0.05) is 77.1 Å². The molecule has 0 amide bonds. The zero-order valence-electron chi connectivity index (χ0n) is 15.2. The molecule has 0 saturated carbocycles. The van der Waals surface area contributed by atoms with Crippen LogP contribution in [0.3, 0.4) is 0 Å². The van der Waals surface area contributed by atoms with Crippen molar-refractivity contribution in [3.05, 3.63) is 35.4 Å². The molecule has 0 radical (unpaired) electrons. The van der Waals surface area contributed by atoms with Gasteiger partial charge in [-0.05, 0) is 36.8 Å². The van der Waals surface area contributed by atoms with Crippen molar-refractivity contribution in [2.24, 2.45) is 0 Å². The molecule has 0 aliphatic rings. The lowest BCUT2D eigenvalue weighted by Gasteiger charge is -2.35. The highest BCUT2D eigenvalue weighted by Gasteiger charge is 2.35. The second kappa shape index (κ2) is 10.5. The normalized spacial score (nSPS) is 11.6. The Morgan fingerprint density at radius 1 is 0.957 bits per heavy atom. The number of carboxylic acids is 1. The van der Waals surface area contributed by atoms with Crippen LogP contribution in [0.4, 0.5) is 0 Å². The van der Waals surface area contributed by atoms with Crippen LogP contribution in [0.5, 0.6) is 0 Å². The summed E-state index contributed by atoms with van der Waals surface area (Å²) in [5.74, 6) is -0.664. The third-order valence-electron chi connectivity index (χ3n) is 4.90. The van der Waals surface area contributed by atoms with Crippen molar-refractivity contribution in [2.45, 2.75) is 90.4 Å². The Bertz CT molecular complexity index is 457. The molecule has 0 fully saturated rings. The van der Waals surface area contributed by atoms with E-state index in [1.807, 2.05) is 0 Å². The summed E-state index contributed by atoms with van der Waals surface area (Å²) < 4.78 is 0. The maximum Gasteiger partial charge on any atom is 0.304 e. The van der Waals surface area contributed by atoms with Gasteiger partial charge in [0.15, 0.2) is 0 Å². The average molecular weight is 319 g/mol. The Kier molecular flexibility index (Phi) is 8.98. The minimum absolute atomic E-state index is 0.192. The van der Waals surface area contributed by atoms with E-state index in [9.17, 15) is 9.90 Å². The van der Waals surface area contributed by atoms with Gasteiger partial charge in [-0.3, -0.25) is 4.79 Å². The summed E-state index contributed by atoms with van der Waals surface area (Å²) >= 11 is 0. The van der Waals surface area contributed by atoms with E-state index in [4.69, 9.17) is 0 Å². The molecule has 0 saturated heterocycles. The number of carbonyl (C=O) groups is 1. The Morgan fingerprint density at radius 3 is 2.04 bits per heavy atom. The molecule has 1 N–H and O–H groups in total. The Balaban J connectivity index is 3.25. The molecule has 130 valence electrons. The zero-order valence-corrected chi connectivity index (χ0v) is 15.2. The van der Waals surface area contributed by atoms with Crippen LogP contribution in [0, 0.1) is 0 Å². The first-order valence-corrected chi connectivity index (χ1v) is 9.39. The van der Waals surface area contributed by atoms with Gasteiger partial charge in [0.2, 0.25) is 0 Å². The minimum atomic E-state index is -0.664. The first-order chi connectivity index (χ1) is 11.1. The number of benzene rings is 1. The van der Waals surface area contributed by atoms with Crippen LogP contribution in [-0.4, -0.2) is 11.1 Å². The maximum absolute atomic E-state index is 11.6. The third-order valence-corrected chi connectivity index (χ3v) is 4.90. The van der Waals surface area contributed by atoms with Gasteiger partial charge in [0, 0.05) is 5.41 Å². The van der Waals surface area contributed by atoms with E-state index in [-0.39, 0.29) is 11.8 Å². The van der Waals surface area contributed by atoms with Gasteiger partial charge in [0.1, 0.15) is 0 Å². The van der Waals surface area contributed by atoms with E-state index in [0.29, 0.717) is 0 Å². The van der Waals surface area contributed by atoms with Crippen LogP contribution >= 0.6 is 0 Å². The molecule has 0 heterocycles. The molecule has 0 aliphatic carbocycles. The van der Waals surface area contributed by atoms with E-state index < -0.39 is 5.97 Å². The molecule has 0 spiro atoms. The summed E-state index contributed by atoms with van der Waals surface area (Å²) in [6.45, 7) is 6.59. The monoisotopic (exact) mass is 318 g/mol. The van der Waals surface area contributed by atoms with Gasteiger partial charge in [-0.25, -0.2) is 0 Å². The van der Waals surface area contributed by atoms with Crippen LogP contribution in [0.15, 0.2) is 24.3 Å². The molecule has 23 heavy (non-hydrogen) atoms. The van der Waals surface area contributed by atoms with Crippen LogP contribution in [0.2, 0.25) is 0 Å². The largest absolute Gasteiger partial charge is 0.481 e. The van der Waals surface area contributed by atoms with Crippen LogP contribution in [0.25, 0.3) is 0 Å². The van der Waals surface area contributed by atoms with Crippen molar-refractivity contribution in [3.8, 4) is 0 Å². The fourth-order valence-electron chi connectivity index (χ4n) is 3.61. The van der Waals surface area contributed by atoms with E-state index in [1.54, 1.807) is 0 Å². The Morgan fingerprint density at radius 2 is 1.52 bits per heavy atom. The van der Waals surface area contributed by atoms with Crippen molar-refractivity contribution in [1.82, 2.24) is 0 Å². The standard InChI is InChI=1S/C21H34O2/c1-4-7-12-18-13-10-11-14-19(18)21(15-8-5-2,16-9-6-3)17-20(22)23/h10-11,13-14H,4-9,12,15-17H2,1-3H3,(H,22,23). The van der Waals surface area contributed by atoms with Gasteiger partial charge in [-0.15, -0.1) is 0 Å². The number of aliphatic carboxylic acids is 1. The van der Waals surface area contributed by atoms with Gasteiger partial charge >= 0.3 is 5.97 Å².